The van der Waals surface area contributed by atoms with Crippen LogP contribution in [0.3, 0.4) is 0 Å². The molecule has 0 heterocycles. The minimum Gasteiger partial charge on any atom is -0.348 e. The molecule has 0 saturated carbocycles. The first kappa shape index (κ1) is 24.5. The average Bonchev–Trinajstić information content (AvgIpc) is 2.65. The standard InChI is InChI=1S/C20H22F3N3O2.ClH/c1-12(13(2)24)18(27)26-17-9-3-14(4-10-17)11-25-19(28)15-5-7-16(8-6-15)20(21,22)23;/h3-10,12-13H,11,24H2,1-2H3,(H,25,28)(H,26,27);1H. The summed E-state index contributed by atoms with van der Waals surface area (Å²) < 4.78 is 37.7. The van der Waals surface area contributed by atoms with Crippen molar-refractivity contribution in [2.24, 2.45) is 11.7 Å². The number of amides is 2. The molecule has 9 heteroatoms. The molecule has 29 heavy (non-hydrogen) atoms. The molecule has 0 bridgehead atoms. The van der Waals surface area contributed by atoms with E-state index in [0.717, 1.165) is 29.8 Å². The monoisotopic (exact) mass is 429 g/mol. The van der Waals surface area contributed by atoms with Crippen LogP contribution in [0.15, 0.2) is 48.5 Å². The molecule has 2 rings (SSSR count). The van der Waals surface area contributed by atoms with Gasteiger partial charge in [0.05, 0.1) is 11.5 Å². The second-order valence-electron chi connectivity index (χ2n) is 6.59. The van der Waals surface area contributed by atoms with E-state index in [4.69, 9.17) is 5.73 Å². The second kappa shape index (κ2) is 10.3. The van der Waals surface area contributed by atoms with Gasteiger partial charge in [-0.15, -0.1) is 12.4 Å². The maximum atomic E-state index is 12.6. The van der Waals surface area contributed by atoms with Crippen molar-refractivity contribution in [3.63, 3.8) is 0 Å². The smallest absolute Gasteiger partial charge is 0.348 e. The molecule has 2 atom stereocenters. The fourth-order valence-electron chi connectivity index (χ4n) is 2.30. The zero-order valence-corrected chi connectivity index (χ0v) is 16.7. The predicted octanol–water partition coefficient (Wildman–Crippen LogP) is 3.98. The lowest BCUT2D eigenvalue weighted by atomic mass is 10.0. The Morgan fingerprint density at radius 1 is 1.00 bits per heavy atom. The number of hydrogen-bond acceptors (Lipinski definition) is 3. The molecule has 2 unspecified atom stereocenters. The summed E-state index contributed by atoms with van der Waals surface area (Å²) in [6.07, 6.45) is -4.44. The van der Waals surface area contributed by atoms with E-state index in [0.29, 0.717) is 5.69 Å². The fraction of sp³-hybridized carbons (Fsp3) is 0.300. The average molecular weight is 430 g/mol. The van der Waals surface area contributed by atoms with Gasteiger partial charge in [0.15, 0.2) is 0 Å². The van der Waals surface area contributed by atoms with Gasteiger partial charge in [0.1, 0.15) is 0 Å². The molecule has 5 nitrogen and oxygen atoms in total. The van der Waals surface area contributed by atoms with Gasteiger partial charge >= 0.3 is 6.18 Å². The van der Waals surface area contributed by atoms with Crippen molar-refractivity contribution < 1.29 is 22.8 Å². The van der Waals surface area contributed by atoms with Gasteiger partial charge in [0.2, 0.25) is 5.91 Å². The number of rotatable bonds is 6. The first-order valence-corrected chi connectivity index (χ1v) is 8.69. The molecule has 0 aromatic heterocycles. The van der Waals surface area contributed by atoms with E-state index < -0.39 is 17.6 Å². The number of carbonyl (C=O) groups excluding carboxylic acids is 2. The third kappa shape index (κ3) is 7.07. The Kier molecular flexibility index (Phi) is 8.66. The molecule has 2 aromatic carbocycles. The van der Waals surface area contributed by atoms with Gasteiger partial charge in [0, 0.05) is 23.8 Å². The molecule has 0 spiro atoms. The number of hydrogen-bond donors (Lipinski definition) is 3. The topological polar surface area (TPSA) is 84.2 Å². The molecule has 0 fully saturated rings. The fourth-order valence-corrected chi connectivity index (χ4v) is 2.30. The van der Waals surface area contributed by atoms with Crippen LogP contribution in [0.25, 0.3) is 0 Å². The number of carbonyl (C=O) groups is 2. The van der Waals surface area contributed by atoms with Crippen molar-refractivity contribution in [3.8, 4) is 0 Å². The summed E-state index contributed by atoms with van der Waals surface area (Å²) in [5.74, 6) is -0.988. The van der Waals surface area contributed by atoms with Gasteiger partial charge in [-0.2, -0.15) is 13.2 Å². The van der Waals surface area contributed by atoms with Gasteiger partial charge in [-0.05, 0) is 48.9 Å². The Morgan fingerprint density at radius 3 is 2.03 bits per heavy atom. The molecule has 2 amide bonds. The van der Waals surface area contributed by atoms with Crippen LogP contribution in [-0.2, 0) is 17.5 Å². The van der Waals surface area contributed by atoms with Gasteiger partial charge in [0.25, 0.3) is 5.91 Å². The van der Waals surface area contributed by atoms with E-state index in [2.05, 4.69) is 10.6 Å². The molecule has 4 N–H and O–H groups in total. The van der Waals surface area contributed by atoms with E-state index in [-0.39, 0.29) is 42.4 Å². The molecule has 0 aliphatic rings. The quantitative estimate of drug-likeness (QED) is 0.649. The van der Waals surface area contributed by atoms with Crippen LogP contribution >= 0.6 is 12.4 Å². The van der Waals surface area contributed by atoms with Crippen LogP contribution in [0.5, 0.6) is 0 Å². The highest BCUT2D eigenvalue weighted by Crippen LogP contribution is 2.29. The largest absolute Gasteiger partial charge is 0.416 e. The summed E-state index contributed by atoms with van der Waals surface area (Å²) in [5, 5.41) is 5.40. The van der Waals surface area contributed by atoms with E-state index in [1.807, 2.05) is 0 Å². The molecular weight excluding hydrogens is 407 g/mol. The van der Waals surface area contributed by atoms with Crippen molar-refractivity contribution in [2.75, 3.05) is 5.32 Å². The summed E-state index contributed by atoms with van der Waals surface area (Å²) >= 11 is 0. The van der Waals surface area contributed by atoms with E-state index in [1.54, 1.807) is 38.1 Å². The molecule has 2 aromatic rings. The summed E-state index contributed by atoms with van der Waals surface area (Å²) in [5.41, 5.74) is 6.42. The summed E-state index contributed by atoms with van der Waals surface area (Å²) in [6.45, 7) is 3.70. The Bertz CT molecular complexity index is 822. The van der Waals surface area contributed by atoms with Crippen molar-refractivity contribution in [1.29, 1.82) is 0 Å². The first-order chi connectivity index (χ1) is 13.1. The number of anilines is 1. The van der Waals surface area contributed by atoms with Crippen molar-refractivity contribution >= 4 is 29.9 Å². The van der Waals surface area contributed by atoms with Crippen LogP contribution in [-0.4, -0.2) is 17.9 Å². The highest BCUT2D eigenvalue weighted by molar-refractivity contribution is 5.94. The lowest BCUT2D eigenvalue weighted by Gasteiger charge is -2.15. The third-order valence-corrected chi connectivity index (χ3v) is 4.35. The molecule has 0 saturated heterocycles. The van der Waals surface area contributed by atoms with E-state index in [9.17, 15) is 22.8 Å². The first-order valence-electron chi connectivity index (χ1n) is 8.69. The Hall–Kier alpha value is -2.58. The van der Waals surface area contributed by atoms with Crippen LogP contribution < -0.4 is 16.4 Å². The molecule has 0 radical (unpaired) electrons. The SMILES string of the molecule is CC(N)C(C)C(=O)Nc1ccc(CNC(=O)c2ccc(C(F)(F)F)cc2)cc1.Cl. The van der Waals surface area contributed by atoms with Gasteiger partial charge in [-0.1, -0.05) is 19.1 Å². The Labute approximate surface area is 173 Å². The van der Waals surface area contributed by atoms with Crippen LogP contribution in [0.4, 0.5) is 18.9 Å². The third-order valence-electron chi connectivity index (χ3n) is 4.35. The molecule has 158 valence electrons. The van der Waals surface area contributed by atoms with Gasteiger partial charge in [-0.25, -0.2) is 0 Å². The zero-order valence-electron chi connectivity index (χ0n) is 15.9. The Balaban J connectivity index is 0.00000420. The normalized spacial score (nSPS) is 13.0. The maximum absolute atomic E-state index is 12.6. The van der Waals surface area contributed by atoms with Crippen molar-refractivity contribution in [1.82, 2.24) is 5.32 Å². The van der Waals surface area contributed by atoms with Gasteiger partial charge < -0.3 is 16.4 Å². The summed E-state index contributed by atoms with van der Waals surface area (Å²) in [7, 11) is 0. The van der Waals surface area contributed by atoms with Crippen LogP contribution in [0.1, 0.15) is 35.3 Å². The summed E-state index contributed by atoms with van der Waals surface area (Å²) in [6, 6.07) is 10.6. The highest BCUT2D eigenvalue weighted by atomic mass is 35.5. The van der Waals surface area contributed by atoms with Gasteiger partial charge in [-0.3, -0.25) is 9.59 Å². The molecule has 0 aliphatic heterocycles. The van der Waals surface area contributed by atoms with Crippen molar-refractivity contribution in [3.05, 3.63) is 65.2 Å². The number of benzene rings is 2. The second-order valence-corrected chi connectivity index (χ2v) is 6.59. The van der Waals surface area contributed by atoms with Crippen LogP contribution in [0.2, 0.25) is 0 Å². The number of alkyl halides is 3. The minimum absolute atomic E-state index is 0. The van der Waals surface area contributed by atoms with Crippen molar-refractivity contribution in [2.45, 2.75) is 32.6 Å². The van der Waals surface area contributed by atoms with E-state index >= 15 is 0 Å². The molecular formula is C20H23ClF3N3O2. The number of halogens is 4. The van der Waals surface area contributed by atoms with E-state index in [1.165, 1.54) is 0 Å². The molecule has 0 aliphatic carbocycles. The summed E-state index contributed by atoms with van der Waals surface area (Å²) in [4.78, 5) is 24.0. The predicted molar refractivity (Wildman–Crippen MR) is 108 cm³/mol. The zero-order chi connectivity index (χ0) is 20.9. The lowest BCUT2D eigenvalue weighted by Crippen LogP contribution is -2.34. The maximum Gasteiger partial charge on any atom is 0.416 e. The number of nitrogens with one attached hydrogen (secondary N) is 2. The highest BCUT2D eigenvalue weighted by Gasteiger charge is 2.30. The minimum atomic E-state index is -4.44. The van der Waals surface area contributed by atoms with Crippen LogP contribution in [0, 0.1) is 5.92 Å². The number of nitrogens with two attached hydrogens (primary N) is 1. The Morgan fingerprint density at radius 2 is 1.55 bits per heavy atom. The lowest BCUT2D eigenvalue weighted by molar-refractivity contribution is -0.137.